The molecular formula is C30H64N2. The minimum atomic E-state index is 0.872. The molecule has 0 saturated carbocycles. The molecule has 0 aromatic carbocycles. The van der Waals surface area contributed by atoms with Crippen molar-refractivity contribution in [2.45, 2.75) is 180 Å². The fourth-order valence-corrected chi connectivity index (χ4v) is 4.88. The molecule has 0 aromatic rings. The molecule has 2 heteroatoms. The van der Waals surface area contributed by atoms with E-state index in [1.807, 2.05) is 0 Å². The lowest BCUT2D eigenvalue weighted by Gasteiger charge is -2.04. The third kappa shape index (κ3) is 29.9. The van der Waals surface area contributed by atoms with E-state index >= 15 is 0 Å². The molecule has 0 bridgehead atoms. The molecule has 0 rings (SSSR count). The Bertz CT molecular complexity index is 275. The summed E-state index contributed by atoms with van der Waals surface area (Å²) in [7, 11) is 0. The summed E-state index contributed by atoms with van der Waals surface area (Å²) < 4.78 is 0. The monoisotopic (exact) mass is 453 g/mol. The first-order valence-corrected chi connectivity index (χ1v) is 15.3. The van der Waals surface area contributed by atoms with E-state index < -0.39 is 0 Å². The Morgan fingerprint density at radius 3 is 0.344 bits per heavy atom. The predicted molar refractivity (Wildman–Crippen MR) is 147 cm³/mol. The van der Waals surface area contributed by atoms with Crippen LogP contribution in [0.2, 0.25) is 0 Å². The highest BCUT2D eigenvalue weighted by Crippen LogP contribution is 2.16. The van der Waals surface area contributed by atoms with Crippen LogP contribution in [0, 0.1) is 0 Å². The van der Waals surface area contributed by atoms with Crippen molar-refractivity contribution in [3.63, 3.8) is 0 Å². The maximum Gasteiger partial charge on any atom is -0.00773 e. The van der Waals surface area contributed by atoms with Crippen molar-refractivity contribution in [3.8, 4) is 0 Å². The third-order valence-corrected chi connectivity index (χ3v) is 7.16. The average molecular weight is 453 g/mol. The Morgan fingerprint density at radius 2 is 0.250 bits per heavy atom. The molecule has 0 aliphatic rings. The van der Waals surface area contributed by atoms with Crippen molar-refractivity contribution in [2.75, 3.05) is 13.1 Å². The first-order valence-electron chi connectivity index (χ1n) is 15.3. The van der Waals surface area contributed by atoms with Crippen molar-refractivity contribution < 1.29 is 0 Å². The summed E-state index contributed by atoms with van der Waals surface area (Å²) >= 11 is 0. The topological polar surface area (TPSA) is 52.0 Å². The normalized spacial score (nSPS) is 11.4. The van der Waals surface area contributed by atoms with Gasteiger partial charge in [0.1, 0.15) is 0 Å². The predicted octanol–water partition coefficient (Wildman–Crippen LogP) is 9.83. The maximum atomic E-state index is 5.53. The Hall–Kier alpha value is -0.0800. The van der Waals surface area contributed by atoms with Gasteiger partial charge in [0, 0.05) is 0 Å². The minimum absolute atomic E-state index is 0.872. The summed E-state index contributed by atoms with van der Waals surface area (Å²) in [6, 6.07) is 0. The highest BCUT2D eigenvalue weighted by Gasteiger charge is 1.96. The Labute approximate surface area is 204 Å². The van der Waals surface area contributed by atoms with E-state index in [4.69, 9.17) is 11.5 Å². The van der Waals surface area contributed by atoms with Crippen molar-refractivity contribution in [2.24, 2.45) is 11.5 Å². The molecule has 0 unspecified atom stereocenters. The Balaban J connectivity index is 2.98. The van der Waals surface area contributed by atoms with Gasteiger partial charge >= 0.3 is 0 Å². The molecular weight excluding hydrogens is 388 g/mol. The van der Waals surface area contributed by atoms with Gasteiger partial charge in [0.05, 0.1) is 0 Å². The van der Waals surface area contributed by atoms with Gasteiger partial charge in [-0.25, -0.2) is 0 Å². The van der Waals surface area contributed by atoms with E-state index in [-0.39, 0.29) is 0 Å². The summed E-state index contributed by atoms with van der Waals surface area (Å²) in [5, 5.41) is 0. The lowest BCUT2D eigenvalue weighted by atomic mass is 10.0. The van der Waals surface area contributed by atoms with Crippen molar-refractivity contribution in [3.05, 3.63) is 0 Å². The molecule has 0 atom stereocenters. The first-order chi connectivity index (χ1) is 15.9. The molecule has 0 aliphatic heterocycles. The van der Waals surface area contributed by atoms with Crippen LogP contribution in [0.4, 0.5) is 0 Å². The van der Waals surface area contributed by atoms with Gasteiger partial charge in [-0.15, -0.1) is 0 Å². The second kappa shape index (κ2) is 30.9. The summed E-state index contributed by atoms with van der Waals surface area (Å²) in [5.74, 6) is 0. The van der Waals surface area contributed by atoms with Gasteiger partial charge in [-0.3, -0.25) is 0 Å². The Kier molecular flexibility index (Phi) is 30.8. The zero-order valence-corrected chi connectivity index (χ0v) is 22.4. The highest BCUT2D eigenvalue weighted by molar-refractivity contribution is 4.52. The fourth-order valence-electron chi connectivity index (χ4n) is 4.88. The molecule has 0 saturated heterocycles. The van der Waals surface area contributed by atoms with E-state index in [9.17, 15) is 0 Å². The first kappa shape index (κ1) is 31.9. The molecule has 0 radical (unpaired) electrons. The van der Waals surface area contributed by atoms with Crippen molar-refractivity contribution in [1.29, 1.82) is 0 Å². The zero-order chi connectivity index (χ0) is 23.2. The summed E-state index contributed by atoms with van der Waals surface area (Å²) in [6.45, 7) is 1.74. The quantitative estimate of drug-likeness (QED) is 0.111. The average Bonchev–Trinajstić information content (AvgIpc) is 2.81. The molecule has 0 amide bonds. The standard InChI is InChI=1S/C30H64N2/c31-29-27-25-23-21-19-17-15-13-11-9-7-5-3-1-2-4-6-8-10-12-14-16-18-20-22-24-26-28-30-32/h1-32H2. The summed E-state index contributed by atoms with van der Waals surface area (Å²) in [5.41, 5.74) is 11.1. The van der Waals surface area contributed by atoms with Gasteiger partial charge < -0.3 is 11.5 Å². The van der Waals surface area contributed by atoms with Crippen LogP contribution in [0.5, 0.6) is 0 Å². The number of nitrogens with two attached hydrogens (primary N) is 2. The van der Waals surface area contributed by atoms with Crippen LogP contribution in [0.15, 0.2) is 0 Å². The van der Waals surface area contributed by atoms with E-state index in [0.29, 0.717) is 0 Å². The molecule has 0 heterocycles. The molecule has 0 spiro atoms. The van der Waals surface area contributed by atoms with Gasteiger partial charge in [0.15, 0.2) is 0 Å². The number of hydrogen-bond acceptors (Lipinski definition) is 2. The van der Waals surface area contributed by atoms with Gasteiger partial charge in [0.25, 0.3) is 0 Å². The molecule has 194 valence electrons. The van der Waals surface area contributed by atoms with Crippen molar-refractivity contribution >= 4 is 0 Å². The minimum Gasteiger partial charge on any atom is -0.330 e. The summed E-state index contributed by atoms with van der Waals surface area (Å²) in [4.78, 5) is 0. The van der Waals surface area contributed by atoms with Crippen molar-refractivity contribution in [1.82, 2.24) is 0 Å². The zero-order valence-electron chi connectivity index (χ0n) is 22.4. The van der Waals surface area contributed by atoms with Crippen LogP contribution in [0.1, 0.15) is 180 Å². The SMILES string of the molecule is NCCCCCCCCCCCCCCCCCCCCCCCCCCCCCCN. The molecule has 2 nitrogen and oxygen atoms in total. The second-order valence-electron chi connectivity index (χ2n) is 10.5. The van der Waals surface area contributed by atoms with Crippen LogP contribution in [0.25, 0.3) is 0 Å². The highest BCUT2D eigenvalue weighted by atomic mass is 14.5. The summed E-state index contributed by atoms with van der Waals surface area (Å²) in [6.07, 6.45) is 40.2. The molecule has 0 aromatic heterocycles. The van der Waals surface area contributed by atoms with E-state index in [1.165, 1.54) is 180 Å². The van der Waals surface area contributed by atoms with Crippen LogP contribution in [0.3, 0.4) is 0 Å². The van der Waals surface area contributed by atoms with Crippen LogP contribution in [-0.2, 0) is 0 Å². The maximum absolute atomic E-state index is 5.53. The smallest absolute Gasteiger partial charge is 0.00773 e. The lowest BCUT2D eigenvalue weighted by Crippen LogP contribution is -1.97. The van der Waals surface area contributed by atoms with E-state index in [0.717, 1.165) is 13.1 Å². The fraction of sp³-hybridized carbons (Fsp3) is 1.00. The molecule has 32 heavy (non-hydrogen) atoms. The van der Waals surface area contributed by atoms with E-state index in [1.54, 1.807) is 0 Å². The lowest BCUT2D eigenvalue weighted by molar-refractivity contribution is 0.514. The largest absolute Gasteiger partial charge is 0.330 e. The van der Waals surface area contributed by atoms with Crippen LogP contribution < -0.4 is 11.5 Å². The third-order valence-electron chi connectivity index (χ3n) is 7.16. The second-order valence-corrected chi connectivity index (χ2v) is 10.5. The molecule has 0 aliphatic carbocycles. The molecule has 4 N–H and O–H groups in total. The van der Waals surface area contributed by atoms with Gasteiger partial charge in [-0.05, 0) is 25.9 Å². The number of hydrogen-bond donors (Lipinski definition) is 2. The van der Waals surface area contributed by atoms with Gasteiger partial charge in [-0.1, -0.05) is 167 Å². The van der Waals surface area contributed by atoms with Gasteiger partial charge in [0.2, 0.25) is 0 Å². The molecule has 0 fully saturated rings. The Morgan fingerprint density at radius 1 is 0.156 bits per heavy atom. The van der Waals surface area contributed by atoms with Crippen LogP contribution >= 0.6 is 0 Å². The van der Waals surface area contributed by atoms with Crippen LogP contribution in [-0.4, -0.2) is 13.1 Å². The van der Waals surface area contributed by atoms with Gasteiger partial charge in [-0.2, -0.15) is 0 Å². The van der Waals surface area contributed by atoms with E-state index in [2.05, 4.69) is 0 Å². The number of unbranched alkanes of at least 4 members (excludes halogenated alkanes) is 27. The number of rotatable bonds is 29.